The van der Waals surface area contributed by atoms with Crippen LogP contribution in [0.2, 0.25) is 0 Å². The zero-order valence-corrected chi connectivity index (χ0v) is 16.3. The molecule has 31 heavy (non-hydrogen) atoms. The van der Waals surface area contributed by atoms with Gasteiger partial charge in [0.15, 0.2) is 0 Å². The van der Waals surface area contributed by atoms with Crippen molar-refractivity contribution in [1.29, 1.82) is 0 Å². The van der Waals surface area contributed by atoms with E-state index in [1.165, 1.54) is 22.8 Å². The number of nitrogens with zero attached hydrogens (tertiary/aromatic N) is 2. The lowest BCUT2D eigenvalue weighted by molar-refractivity contribution is -0.384. The molecule has 0 radical (unpaired) electrons. The van der Waals surface area contributed by atoms with Gasteiger partial charge in [-0.1, -0.05) is 60.7 Å². The molecule has 5 rings (SSSR count). The van der Waals surface area contributed by atoms with E-state index >= 15 is 0 Å². The third-order valence-electron chi connectivity index (χ3n) is 5.60. The normalized spacial score (nSPS) is 15.0. The standard InChI is InChI=1S/C24H17N3O4/c28-23-20(13-15-7-3-1-4-8-15)26-22(25-23)21(16-9-5-2-6-10-16)19-14-17(27(30)31)11-12-18(19)24(26)29/h1-12,14,20H,13H2,(H,25,28). The monoisotopic (exact) mass is 411 g/mol. The fraction of sp³-hybridized carbons (Fsp3) is 0.0833. The Hall–Kier alpha value is -4.26. The number of hydrogen-bond donors (Lipinski definition) is 1. The van der Waals surface area contributed by atoms with Crippen molar-refractivity contribution in [1.82, 2.24) is 4.57 Å². The van der Waals surface area contributed by atoms with E-state index in [1.54, 1.807) is 0 Å². The lowest BCUT2D eigenvalue weighted by Crippen LogP contribution is -2.26. The van der Waals surface area contributed by atoms with Crippen LogP contribution in [0, 0.1) is 10.1 Å². The van der Waals surface area contributed by atoms with E-state index in [0.717, 1.165) is 11.1 Å². The van der Waals surface area contributed by atoms with Gasteiger partial charge in [-0.15, -0.1) is 0 Å². The Morgan fingerprint density at radius 3 is 2.26 bits per heavy atom. The molecule has 0 aliphatic carbocycles. The molecule has 0 saturated carbocycles. The van der Waals surface area contributed by atoms with Gasteiger partial charge in [-0.05, 0) is 17.2 Å². The van der Waals surface area contributed by atoms with Gasteiger partial charge in [0.25, 0.3) is 11.2 Å². The number of anilines is 1. The quantitative estimate of drug-likeness (QED) is 0.400. The van der Waals surface area contributed by atoms with Crippen molar-refractivity contribution in [3.8, 4) is 11.1 Å². The molecule has 4 aromatic rings. The number of non-ortho nitro benzene ring substituents is 1. The molecular formula is C24H17N3O4. The van der Waals surface area contributed by atoms with Crippen molar-refractivity contribution in [2.45, 2.75) is 12.5 Å². The van der Waals surface area contributed by atoms with Crippen LogP contribution in [-0.4, -0.2) is 15.4 Å². The van der Waals surface area contributed by atoms with Crippen LogP contribution in [0.3, 0.4) is 0 Å². The Labute approximate surface area is 176 Å². The third kappa shape index (κ3) is 3.07. The summed E-state index contributed by atoms with van der Waals surface area (Å²) in [6, 6.07) is 22.3. The lowest BCUT2D eigenvalue weighted by Gasteiger charge is -2.16. The summed E-state index contributed by atoms with van der Waals surface area (Å²) in [5.74, 6) is 0.0954. The van der Waals surface area contributed by atoms with Crippen LogP contribution in [0.15, 0.2) is 83.7 Å². The molecule has 0 fully saturated rings. The maximum Gasteiger partial charge on any atom is 0.270 e. The first-order valence-corrected chi connectivity index (χ1v) is 9.81. The predicted molar refractivity (Wildman–Crippen MR) is 118 cm³/mol. The number of hydrogen-bond acceptors (Lipinski definition) is 4. The van der Waals surface area contributed by atoms with Gasteiger partial charge in [0, 0.05) is 34.9 Å². The highest BCUT2D eigenvalue weighted by Gasteiger charge is 2.35. The number of amides is 1. The van der Waals surface area contributed by atoms with Crippen LogP contribution >= 0.6 is 0 Å². The average molecular weight is 411 g/mol. The number of fused-ring (bicyclic) bond motifs is 2. The predicted octanol–water partition coefficient (Wildman–Crippen LogP) is 4.31. The van der Waals surface area contributed by atoms with Gasteiger partial charge >= 0.3 is 0 Å². The topological polar surface area (TPSA) is 94.2 Å². The smallest absolute Gasteiger partial charge is 0.270 e. The van der Waals surface area contributed by atoms with E-state index in [2.05, 4.69) is 5.32 Å². The van der Waals surface area contributed by atoms with E-state index in [0.29, 0.717) is 28.6 Å². The highest BCUT2D eigenvalue weighted by atomic mass is 16.6. The number of rotatable bonds is 4. The summed E-state index contributed by atoms with van der Waals surface area (Å²) in [5, 5.41) is 15.0. The molecule has 0 bridgehead atoms. The number of nitrogens with one attached hydrogen (secondary N) is 1. The summed E-state index contributed by atoms with van der Waals surface area (Å²) < 4.78 is 1.49. The van der Waals surface area contributed by atoms with Gasteiger partial charge in [-0.2, -0.15) is 0 Å². The Morgan fingerprint density at radius 2 is 1.58 bits per heavy atom. The molecule has 1 amide bonds. The number of benzene rings is 3. The Balaban J connectivity index is 1.81. The van der Waals surface area contributed by atoms with Gasteiger partial charge in [-0.3, -0.25) is 24.3 Å². The first-order valence-electron chi connectivity index (χ1n) is 9.81. The summed E-state index contributed by atoms with van der Waals surface area (Å²) in [5.41, 5.74) is 1.84. The molecule has 2 heterocycles. The first kappa shape index (κ1) is 18.7. The van der Waals surface area contributed by atoms with E-state index in [4.69, 9.17) is 0 Å². The molecule has 7 nitrogen and oxygen atoms in total. The highest BCUT2D eigenvalue weighted by molar-refractivity contribution is 6.09. The summed E-state index contributed by atoms with van der Waals surface area (Å²) in [7, 11) is 0. The molecule has 152 valence electrons. The molecule has 1 aromatic heterocycles. The van der Waals surface area contributed by atoms with Gasteiger partial charge in [0.2, 0.25) is 5.91 Å². The molecular weight excluding hydrogens is 394 g/mol. The molecule has 0 saturated heterocycles. The van der Waals surface area contributed by atoms with E-state index in [-0.39, 0.29) is 17.2 Å². The second-order valence-corrected chi connectivity index (χ2v) is 7.45. The number of carbonyl (C=O) groups excluding carboxylic acids is 1. The zero-order chi connectivity index (χ0) is 21.5. The minimum Gasteiger partial charge on any atom is -0.310 e. The maximum atomic E-state index is 13.4. The second-order valence-electron chi connectivity index (χ2n) is 7.45. The SMILES string of the molecule is O=C1Nc2c(-c3ccccc3)c3cc([N+](=O)[O-])ccc3c(=O)n2C1Cc1ccccc1. The van der Waals surface area contributed by atoms with Crippen LogP contribution in [-0.2, 0) is 11.2 Å². The lowest BCUT2D eigenvalue weighted by atomic mass is 9.98. The summed E-state index contributed by atoms with van der Waals surface area (Å²) in [6.07, 6.45) is 0.367. The average Bonchev–Trinajstić information content (AvgIpc) is 3.10. The number of nitro benzene ring substituents is 1. The zero-order valence-electron chi connectivity index (χ0n) is 16.3. The van der Waals surface area contributed by atoms with Gasteiger partial charge < -0.3 is 5.32 Å². The first-order chi connectivity index (χ1) is 15.0. The molecule has 1 unspecified atom stereocenters. The van der Waals surface area contributed by atoms with Gasteiger partial charge in [0.1, 0.15) is 11.9 Å². The van der Waals surface area contributed by atoms with Gasteiger partial charge in [-0.25, -0.2) is 0 Å². The molecule has 1 aliphatic heterocycles. The Kier molecular flexibility index (Phi) is 4.36. The second kappa shape index (κ2) is 7.21. The summed E-state index contributed by atoms with van der Waals surface area (Å²) in [6.45, 7) is 0. The van der Waals surface area contributed by atoms with Crippen LogP contribution in [0.1, 0.15) is 11.6 Å². The number of carbonyl (C=O) groups is 1. The number of aromatic nitrogens is 1. The van der Waals surface area contributed by atoms with Crippen LogP contribution in [0.5, 0.6) is 0 Å². The van der Waals surface area contributed by atoms with E-state index in [1.807, 2.05) is 60.7 Å². The number of pyridine rings is 1. The molecule has 7 heteroatoms. The maximum absolute atomic E-state index is 13.4. The molecule has 1 N–H and O–H groups in total. The van der Waals surface area contributed by atoms with Crippen LogP contribution in [0.4, 0.5) is 11.5 Å². The van der Waals surface area contributed by atoms with Crippen LogP contribution < -0.4 is 10.9 Å². The Morgan fingerprint density at radius 1 is 0.903 bits per heavy atom. The Bertz CT molecular complexity index is 1400. The highest BCUT2D eigenvalue weighted by Crippen LogP contribution is 2.40. The van der Waals surface area contributed by atoms with Gasteiger partial charge in [0.05, 0.1) is 4.92 Å². The van der Waals surface area contributed by atoms with E-state index < -0.39 is 11.0 Å². The van der Waals surface area contributed by atoms with E-state index in [9.17, 15) is 19.7 Å². The molecule has 3 aromatic carbocycles. The number of nitro groups is 1. The van der Waals surface area contributed by atoms with Crippen molar-refractivity contribution in [3.63, 3.8) is 0 Å². The fourth-order valence-corrected chi connectivity index (χ4v) is 4.17. The van der Waals surface area contributed by atoms with Crippen molar-refractivity contribution < 1.29 is 9.72 Å². The summed E-state index contributed by atoms with van der Waals surface area (Å²) >= 11 is 0. The molecule has 0 spiro atoms. The van der Waals surface area contributed by atoms with Crippen molar-refractivity contribution >= 4 is 28.2 Å². The minimum absolute atomic E-state index is 0.112. The van der Waals surface area contributed by atoms with Crippen molar-refractivity contribution in [3.05, 3.63) is 105 Å². The minimum atomic E-state index is -0.702. The van der Waals surface area contributed by atoms with Crippen LogP contribution in [0.25, 0.3) is 21.9 Å². The van der Waals surface area contributed by atoms with Crippen molar-refractivity contribution in [2.75, 3.05) is 5.32 Å². The third-order valence-corrected chi connectivity index (χ3v) is 5.60. The van der Waals surface area contributed by atoms with Crippen molar-refractivity contribution in [2.24, 2.45) is 0 Å². The molecule has 1 aliphatic rings. The summed E-state index contributed by atoms with van der Waals surface area (Å²) in [4.78, 5) is 37.3. The molecule has 1 atom stereocenters. The largest absolute Gasteiger partial charge is 0.310 e. The fourth-order valence-electron chi connectivity index (χ4n) is 4.17.